The maximum Gasteiger partial charge on any atom is 0.127 e. The Morgan fingerprint density at radius 1 is 0.519 bits per heavy atom. The van der Waals surface area contributed by atoms with Gasteiger partial charge in [-0.15, -0.1) is 0 Å². The maximum absolute atomic E-state index is 11.8. The van der Waals surface area contributed by atoms with E-state index in [-0.39, 0.29) is 10.8 Å². The zero-order chi connectivity index (χ0) is 37.5. The van der Waals surface area contributed by atoms with E-state index in [0.29, 0.717) is 23.3 Å². The number of nitrogens with zero attached hydrogens (tertiary/aromatic N) is 2. The SMILES string of the molecule is CC(C)(C)c1cc(C=Nc2ccccc2N=Cc2cc(C(C)(C)C)cc(CC3C4CC5CC(C4)CC3C5)c2O)c(O)c(CC2C3CC4CC(C3)CC2C4)c1. The first-order chi connectivity index (χ1) is 25.7. The number of hydrogen-bond acceptors (Lipinski definition) is 4. The third-order valence-electron chi connectivity index (χ3n) is 15.5. The first kappa shape index (κ1) is 36.3. The average Bonchev–Trinajstić information content (AvgIpc) is 3.10. The highest BCUT2D eigenvalue weighted by atomic mass is 16.3. The topological polar surface area (TPSA) is 65.2 Å². The van der Waals surface area contributed by atoms with Crippen LogP contribution in [0.25, 0.3) is 0 Å². The first-order valence-electron chi connectivity index (χ1n) is 21.6. The molecule has 2 N–H and O–H groups in total. The summed E-state index contributed by atoms with van der Waals surface area (Å²) in [6.45, 7) is 13.6. The molecule has 286 valence electrons. The van der Waals surface area contributed by atoms with E-state index in [0.717, 1.165) is 93.8 Å². The second kappa shape index (κ2) is 13.7. The van der Waals surface area contributed by atoms with Crippen molar-refractivity contribution in [2.24, 2.45) is 69.2 Å². The number of phenolic OH excluding ortho intramolecular Hbond substituents is 2. The fourth-order valence-corrected chi connectivity index (χ4v) is 13.0. The second-order valence-corrected chi connectivity index (χ2v) is 21.2. The van der Waals surface area contributed by atoms with Crippen LogP contribution < -0.4 is 0 Å². The number of benzene rings is 3. The molecule has 0 aromatic heterocycles. The molecule has 8 aliphatic carbocycles. The predicted molar refractivity (Wildman–Crippen MR) is 223 cm³/mol. The summed E-state index contributed by atoms with van der Waals surface area (Å²) in [5, 5.41) is 23.6. The summed E-state index contributed by atoms with van der Waals surface area (Å²) in [5.41, 5.74) is 7.63. The molecule has 4 heteroatoms. The molecule has 8 saturated carbocycles. The summed E-state index contributed by atoms with van der Waals surface area (Å²) in [6.07, 6.45) is 19.7. The molecule has 8 aliphatic rings. The zero-order valence-electron chi connectivity index (χ0n) is 33.8. The Bertz CT molecular complexity index is 1760. The van der Waals surface area contributed by atoms with Crippen LogP contribution >= 0.6 is 0 Å². The summed E-state index contributed by atoms with van der Waals surface area (Å²) >= 11 is 0. The number of phenols is 2. The largest absolute Gasteiger partial charge is 0.507 e. The van der Waals surface area contributed by atoms with E-state index in [1.165, 1.54) is 75.3 Å². The Morgan fingerprint density at radius 2 is 0.852 bits per heavy atom. The van der Waals surface area contributed by atoms with Crippen LogP contribution in [0.15, 0.2) is 58.5 Å². The molecule has 0 radical (unpaired) electrons. The maximum atomic E-state index is 11.8. The van der Waals surface area contributed by atoms with E-state index < -0.39 is 0 Å². The fraction of sp³-hybridized carbons (Fsp3) is 0.600. The molecular weight excluding hydrogens is 661 g/mol. The molecule has 11 rings (SSSR count). The highest BCUT2D eigenvalue weighted by Gasteiger charge is 2.49. The van der Waals surface area contributed by atoms with E-state index in [2.05, 4.69) is 65.8 Å². The highest BCUT2D eigenvalue weighted by Crippen LogP contribution is 2.59. The van der Waals surface area contributed by atoms with Crippen LogP contribution in [-0.2, 0) is 23.7 Å². The molecular formula is C50H64N2O2. The lowest BCUT2D eigenvalue weighted by molar-refractivity contribution is -0.0362. The number of aliphatic imine (C=N–C) groups is 2. The van der Waals surface area contributed by atoms with Gasteiger partial charge in [0.15, 0.2) is 0 Å². The zero-order valence-corrected chi connectivity index (χ0v) is 33.8. The van der Waals surface area contributed by atoms with Crippen LogP contribution in [0, 0.1) is 59.2 Å². The molecule has 8 bridgehead atoms. The molecule has 54 heavy (non-hydrogen) atoms. The lowest BCUT2D eigenvalue weighted by atomic mass is 9.51. The van der Waals surface area contributed by atoms with Gasteiger partial charge in [-0.05, 0) is 194 Å². The Balaban J connectivity index is 0.996. The normalized spacial score (nSPS) is 32.8. The van der Waals surface area contributed by atoms with Crippen molar-refractivity contribution < 1.29 is 10.2 Å². The van der Waals surface area contributed by atoms with Gasteiger partial charge in [0.25, 0.3) is 0 Å². The van der Waals surface area contributed by atoms with Crippen molar-refractivity contribution in [3.63, 3.8) is 0 Å². The van der Waals surface area contributed by atoms with Gasteiger partial charge in [0.2, 0.25) is 0 Å². The third kappa shape index (κ3) is 6.98. The van der Waals surface area contributed by atoms with Crippen molar-refractivity contribution in [1.29, 1.82) is 0 Å². The average molecular weight is 725 g/mol. The molecule has 0 spiro atoms. The Morgan fingerprint density at radius 3 is 1.17 bits per heavy atom. The first-order valence-corrected chi connectivity index (χ1v) is 21.6. The van der Waals surface area contributed by atoms with Gasteiger partial charge in [0.05, 0.1) is 11.4 Å². The molecule has 0 heterocycles. The van der Waals surface area contributed by atoms with E-state index in [4.69, 9.17) is 9.98 Å². The minimum absolute atomic E-state index is 0.0458. The van der Waals surface area contributed by atoms with Crippen LogP contribution in [0.2, 0.25) is 0 Å². The second-order valence-electron chi connectivity index (χ2n) is 21.2. The Kier molecular flexibility index (Phi) is 9.17. The van der Waals surface area contributed by atoms with Crippen molar-refractivity contribution in [3.05, 3.63) is 81.9 Å². The highest BCUT2D eigenvalue weighted by molar-refractivity contribution is 5.90. The summed E-state index contributed by atoms with van der Waals surface area (Å²) in [7, 11) is 0. The molecule has 8 fully saturated rings. The monoisotopic (exact) mass is 724 g/mol. The van der Waals surface area contributed by atoms with Gasteiger partial charge in [-0.2, -0.15) is 0 Å². The molecule has 0 saturated heterocycles. The molecule has 3 aromatic rings. The molecule has 0 aliphatic heterocycles. The summed E-state index contributed by atoms with van der Waals surface area (Å²) in [4.78, 5) is 9.98. The van der Waals surface area contributed by atoms with Gasteiger partial charge in [0, 0.05) is 23.6 Å². The standard InChI is InChI=1S/C50H64N2O2/c1-49(2,3)41-21-37(25-43-33-13-29-11-30(15-33)16-34(43)14-29)47(53)39(23-41)27-51-45-9-7-8-10-46(45)52-28-40-24-42(50(4,5)6)22-38(48(40)54)26-44-35-17-31-12-32(19-35)20-36(44)18-31/h7-10,21-24,27-36,43-44,53-54H,11-20,25-26H2,1-6H3. The minimum atomic E-state index is -0.0458. The molecule has 4 nitrogen and oxygen atoms in total. The van der Waals surface area contributed by atoms with Gasteiger partial charge in [0.1, 0.15) is 11.5 Å². The van der Waals surface area contributed by atoms with E-state index in [1.807, 2.05) is 36.7 Å². The number of hydrogen-bond donors (Lipinski definition) is 2. The molecule has 3 aromatic carbocycles. The van der Waals surface area contributed by atoms with E-state index >= 15 is 0 Å². The van der Waals surface area contributed by atoms with Gasteiger partial charge < -0.3 is 10.2 Å². The van der Waals surface area contributed by atoms with Crippen molar-refractivity contribution in [3.8, 4) is 11.5 Å². The minimum Gasteiger partial charge on any atom is -0.507 e. The third-order valence-corrected chi connectivity index (χ3v) is 15.5. The van der Waals surface area contributed by atoms with Gasteiger partial charge in [-0.3, -0.25) is 9.98 Å². The number of para-hydroxylation sites is 2. The summed E-state index contributed by atoms with van der Waals surface area (Å²) in [5.74, 6) is 9.20. The Hall–Kier alpha value is -3.40. The van der Waals surface area contributed by atoms with Crippen molar-refractivity contribution in [1.82, 2.24) is 0 Å². The summed E-state index contributed by atoms with van der Waals surface area (Å²) < 4.78 is 0. The van der Waals surface area contributed by atoms with Crippen LogP contribution in [0.1, 0.15) is 139 Å². The predicted octanol–water partition coefficient (Wildman–Crippen LogP) is 12.4. The van der Waals surface area contributed by atoms with Gasteiger partial charge >= 0.3 is 0 Å². The number of rotatable bonds is 8. The van der Waals surface area contributed by atoms with E-state index in [1.54, 1.807) is 0 Å². The van der Waals surface area contributed by atoms with Crippen LogP contribution in [0.3, 0.4) is 0 Å². The molecule has 0 unspecified atom stereocenters. The van der Waals surface area contributed by atoms with Crippen molar-refractivity contribution in [2.45, 2.75) is 129 Å². The van der Waals surface area contributed by atoms with Crippen LogP contribution in [-0.4, -0.2) is 22.6 Å². The smallest absolute Gasteiger partial charge is 0.127 e. The molecule has 0 atom stereocenters. The van der Waals surface area contributed by atoms with Crippen LogP contribution in [0.4, 0.5) is 11.4 Å². The lowest BCUT2D eigenvalue weighted by Crippen LogP contribution is -2.45. The molecule has 0 amide bonds. The summed E-state index contributed by atoms with van der Waals surface area (Å²) in [6, 6.07) is 16.8. The number of aromatic hydroxyl groups is 2. The quantitative estimate of drug-likeness (QED) is 0.227. The van der Waals surface area contributed by atoms with Gasteiger partial charge in [-0.1, -0.05) is 65.8 Å². The van der Waals surface area contributed by atoms with Crippen LogP contribution in [0.5, 0.6) is 11.5 Å². The van der Waals surface area contributed by atoms with Crippen molar-refractivity contribution >= 4 is 23.8 Å². The fourth-order valence-electron chi connectivity index (χ4n) is 13.0. The van der Waals surface area contributed by atoms with Gasteiger partial charge in [-0.25, -0.2) is 0 Å². The van der Waals surface area contributed by atoms with Crippen molar-refractivity contribution in [2.75, 3.05) is 0 Å². The lowest BCUT2D eigenvalue weighted by Gasteiger charge is -2.54. The Labute approximate surface area is 325 Å². The van der Waals surface area contributed by atoms with E-state index in [9.17, 15) is 10.2 Å².